The van der Waals surface area contributed by atoms with Gasteiger partial charge in [-0.15, -0.1) is 0 Å². The average molecular weight is 382 g/mol. The Morgan fingerprint density at radius 1 is 1.30 bits per heavy atom. The molecule has 1 aliphatic rings. The van der Waals surface area contributed by atoms with Gasteiger partial charge in [-0.2, -0.15) is 18.4 Å². The van der Waals surface area contributed by atoms with Gasteiger partial charge in [0.25, 0.3) is 0 Å². The van der Waals surface area contributed by atoms with Crippen molar-refractivity contribution in [2.24, 2.45) is 0 Å². The number of rotatable bonds is 3. The third kappa shape index (κ3) is 2.91. The minimum Gasteiger partial charge on any atom is -0.489 e. The van der Waals surface area contributed by atoms with Crippen molar-refractivity contribution in [3.8, 4) is 23.1 Å². The van der Waals surface area contributed by atoms with E-state index in [4.69, 9.17) is 4.74 Å². The summed E-state index contributed by atoms with van der Waals surface area (Å²) in [4.78, 5) is 3.87. The van der Waals surface area contributed by atoms with E-state index >= 15 is 0 Å². The van der Waals surface area contributed by atoms with Crippen LogP contribution in [0.25, 0.3) is 11.3 Å². The SMILES string of the molecule is CC1(C#N)COc2c1cc([C@@](O)(CO)C(F)(F)F)nc2-c1ccc(F)cc1. The topological polar surface area (TPSA) is 86.4 Å². The van der Waals surface area contributed by atoms with Crippen LogP contribution >= 0.6 is 0 Å². The first-order valence-corrected chi connectivity index (χ1v) is 7.82. The standard InChI is InChI=1S/C18H14F4N2O3/c1-16(7-23)9-27-15-12(16)6-13(17(26,8-25)18(20,21)22)24-14(15)10-2-4-11(19)5-3-10/h2-6,25-26H,8-9H2,1H3/t16?,17-/m0/s1. The number of hydrogen-bond acceptors (Lipinski definition) is 5. The molecule has 1 aromatic carbocycles. The minimum absolute atomic E-state index is 0.0804. The van der Waals surface area contributed by atoms with E-state index in [9.17, 15) is 33.0 Å². The van der Waals surface area contributed by atoms with Crippen molar-refractivity contribution >= 4 is 0 Å². The monoisotopic (exact) mass is 382 g/mol. The van der Waals surface area contributed by atoms with Gasteiger partial charge in [-0.3, -0.25) is 0 Å². The van der Waals surface area contributed by atoms with E-state index in [2.05, 4.69) is 4.98 Å². The molecule has 0 radical (unpaired) electrons. The molecule has 2 aromatic rings. The number of halogens is 4. The molecule has 5 nitrogen and oxygen atoms in total. The number of aliphatic hydroxyl groups is 2. The molecule has 0 aliphatic carbocycles. The fourth-order valence-electron chi connectivity index (χ4n) is 2.81. The third-order valence-corrected chi connectivity index (χ3v) is 4.56. The number of nitrogens with zero attached hydrogens (tertiary/aromatic N) is 2. The second-order valence-corrected chi connectivity index (χ2v) is 6.49. The summed E-state index contributed by atoms with van der Waals surface area (Å²) in [5.41, 5.74) is -5.52. The summed E-state index contributed by atoms with van der Waals surface area (Å²) < 4.78 is 58.9. The Hall–Kier alpha value is -2.70. The van der Waals surface area contributed by atoms with Crippen molar-refractivity contribution in [2.75, 3.05) is 13.2 Å². The van der Waals surface area contributed by atoms with Crippen LogP contribution in [0.4, 0.5) is 17.6 Å². The highest BCUT2D eigenvalue weighted by Gasteiger charge is 2.57. The Labute approximate surface area is 151 Å². The summed E-state index contributed by atoms with van der Waals surface area (Å²) in [5.74, 6) is -0.478. The number of aromatic nitrogens is 1. The van der Waals surface area contributed by atoms with Crippen LogP contribution in [0.2, 0.25) is 0 Å². The molecule has 142 valence electrons. The molecule has 9 heteroatoms. The molecular formula is C18H14F4N2O3. The van der Waals surface area contributed by atoms with Gasteiger partial charge in [-0.25, -0.2) is 9.37 Å². The van der Waals surface area contributed by atoms with Gasteiger partial charge < -0.3 is 14.9 Å². The third-order valence-electron chi connectivity index (χ3n) is 4.56. The predicted octanol–water partition coefficient (Wildman–Crippen LogP) is 2.80. The van der Waals surface area contributed by atoms with Crippen LogP contribution in [0.15, 0.2) is 30.3 Å². The van der Waals surface area contributed by atoms with E-state index in [1.807, 2.05) is 6.07 Å². The van der Waals surface area contributed by atoms with Crippen LogP contribution in [0.5, 0.6) is 5.75 Å². The molecule has 2 heterocycles. The minimum atomic E-state index is -5.22. The Balaban J connectivity index is 2.32. The van der Waals surface area contributed by atoms with Crippen LogP contribution in [0, 0.1) is 17.1 Å². The Morgan fingerprint density at radius 3 is 2.44 bits per heavy atom. The number of ether oxygens (including phenoxy) is 1. The van der Waals surface area contributed by atoms with E-state index < -0.39 is 35.3 Å². The molecule has 2 atom stereocenters. The van der Waals surface area contributed by atoms with Crippen molar-refractivity contribution < 1.29 is 32.5 Å². The van der Waals surface area contributed by atoms with Gasteiger partial charge in [-0.1, -0.05) is 0 Å². The largest absolute Gasteiger partial charge is 0.489 e. The number of hydrogen-bond donors (Lipinski definition) is 2. The molecule has 0 spiro atoms. The first kappa shape index (κ1) is 19.1. The van der Waals surface area contributed by atoms with Crippen molar-refractivity contribution in [3.05, 3.63) is 47.4 Å². The summed E-state index contributed by atoms with van der Waals surface area (Å²) >= 11 is 0. The summed E-state index contributed by atoms with van der Waals surface area (Å²) in [5, 5.41) is 28.8. The van der Waals surface area contributed by atoms with Gasteiger partial charge >= 0.3 is 6.18 Å². The number of pyridine rings is 1. The predicted molar refractivity (Wildman–Crippen MR) is 85.1 cm³/mol. The summed E-state index contributed by atoms with van der Waals surface area (Å²) in [6.45, 7) is -0.306. The normalized spacial score (nSPS) is 21.1. The van der Waals surface area contributed by atoms with E-state index in [-0.39, 0.29) is 29.2 Å². The highest BCUT2D eigenvalue weighted by molar-refractivity contribution is 5.71. The quantitative estimate of drug-likeness (QED) is 0.798. The zero-order valence-electron chi connectivity index (χ0n) is 14.0. The number of benzene rings is 1. The molecule has 0 saturated heterocycles. The highest BCUT2D eigenvalue weighted by Crippen LogP contribution is 2.47. The zero-order valence-corrected chi connectivity index (χ0v) is 14.0. The summed E-state index contributed by atoms with van der Waals surface area (Å²) in [7, 11) is 0. The van der Waals surface area contributed by atoms with E-state index in [0.717, 1.165) is 18.2 Å². The van der Waals surface area contributed by atoms with Gasteiger partial charge in [0.15, 0.2) is 5.75 Å². The Morgan fingerprint density at radius 2 is 1.93 bits per heavy atom. The first-order valence-electron chi connectivity index (χ1n) is 7.82. The maximum atomic E-state index is 13.4. The van der Waals surface area contributed by atoms with Crippen LogP contribution < -0.4 is 4.74 Å². The maximum absolute atomic E-state index is 13.4. The van der Waals surface area contributed by atoms with E-state index in [0.29, 0.717) is 0 Å². The lowest BCUT2D eigenvalue weighted by atomic mass is 9.84. The molecule has 3 rings (SSSR count). The first-order chi connectivity index (χ1) is 12.6. The molecule has 27 heavy (non-hydrogen) atoms. The molecular weight excluding hydrogens is 368 g/mol. The summed E-state index contributed by atoms with van der Waals surface area (Å²) in [6.07, 6.45) is -5.22. The zero-order chi connectivity index (χ0) is 20.0. The number of fused-ring (bicyclic) bond motifs is 1. The van der Waals surface area contributed by atoms with Gasteiger partial charge in [-0.05, 0) is 37.3 Å². The Bertz CT molecular complexity index is 924. The van der Waals surface area contributed by atoms with Gasteiger partial charge in [0.1, 0.15) is 23.5 Å². The van der Waals surface area contributed by atoms with Crippen LogP contribution in [0.3, 0.4) is 0 Å². The lowest BCUT2D eigenvalue weighted by Crippen LogP contribution is -2.46. The molecule has 1 aromatic heterocycles. The lowest BCUT2D eigenvalue weighted by molar-refractivity contribution is -0.279. The number of aliphatic hydroxyl groups excluding tert-OH is 1. The van der Waals surface area contributed by atoms with E-state index in [1.165, 1.54) is 19.1 Å². The van der Waals surface area contributed by atoms with Crippen molar-refractivity contribution in [1.82, 2.24) is 4.98 Å². The average Bonchev–Trinajstić information content (AvgIpc) is 2.98. The van der Waals surface area contributed by atoms with Gasteiger partial charge in [0.05, 0.1) is 18.4 Å². The number of alkyl halides is 3. The molecule has 2 N–H and O–H groups in total. The lowest BCUT2D eigenvalue weighted by Gasteiger charge is -2.29. The molecule has 0 saturated carbocycles. The Kier molecular flexibility index (Phi) is 4.37. The molecule has 0 bridgehead atoms. The van der Waals surface area contributed by atoms with Crippen LogP contribution in [-0.2, 0) is 11.0 Å². The van der Waals surface area contributed by atoms with Crippen LogP contribution in [-0.4, -0.2) is 34.6 Å². The van der Waals surface area contributed by atoms with Crippen LogP contribution in [0.1, 0.15) is 18.2 Å². The second kappa shape index (κ2) is 6.18. The van der Waals surface area contributed by atoms with Gasteiger partial charge in [0, 0.05) is 11.1 Å². The molecule has 1 aliphatic heterocycles. The maximum Gasteiger partial charge on any atom is 0.425 e. The number of nitriles is 1. The molecule has 0 amide bonds. The molecule has 0 fully saturated rings. The second-order valence-electron chi connectivity index (χ2n) is 6.49. The van der Waals surface area contributed by atoms with Crippen molar-refractivity contribution in [2.45, 2.75) is 24.1 Å². The summed E-state index contributed by atoms with van der Waals surface area (Å²) in [6, 6.07) is 7.67. The smallest absolute Gasteiger partial charge is 0.425 e. The highest BCUT2D eigenvalue weighted by atomic mass is 19.4. The van der Waals surface area contributed by atoms with Crippen molar-refractivity contribution in [3.63, 3.8) is 0 Å². The fraction of sp³-hybridized carbons (Fsp3) is 0.333. The fourth-order valence-corrected chi connectivity index (χ4v) is 2.81. The van der Waals surface area contributed by atoms with Crippen molar-refractivity contribution in [1.29, 1.82) is 5.26 Å². The molecule has 1 unspecified atom stereocenters. The van der Waals surface area contributed by atoms with Gasteiger partial charge in [0.2, 0.25) is 5.60 Å². The van der Waals surface area contributed by atoms with E-state index in [1.54, 1.807) is 0 Å².